The Kier molecular flexibility index (Phi) is 9.32. The number of furan rings is 1. The minimum Gasteiger partial charge on any atom is -0.454 e. The first-order valence-electron chi connectivity index (χ1n) is 8.28. The van der Waals surface area contributed by atoms with Crippen LogP contribution in [0.5, 0.6) is 0 Å². The van der Waals surface area contributed by atoms with E-state index in [0.717, 1.165) is 39.0 Å². The number of hydrogen-bond acceptors (Lipinski definition) is 4. The molecule has 0 spiro atoms. The van der Waals surface area contributed by atoms with Gasteiger partial charge in [-0.15, -0.1) is 24.0 Å². The summed E-state index contributed by atoms with van der Waals surface area (Å²) in [6, 6.07) is 3.23. The van der Waals surface area contributed by atoms with Crippen molar-refractivity contribution < 1.29 is 14.0 Å². The molecule has 2 heterocycles. The number of nitrogens with zero attached hydrogens (tertiary/aromatic N) is 2. The van der Waals surface area contributed by atoms with Crippen molar-refractivity contribution >= 4 is 41.8 Å². The number of guanidine groups is 1. The van der Waals surface area contributed by atoms with Crippen LogP contribution >= 0.6 is 24.0 Å². The smallest absolute Gasteiger partial charge is 0.284 e. The van der Waals surface area contributed by atoms with E-state index in [1.54, 1.807) is 12.1 Å². The number of nitrogens with one attached hydrogen (secondary N) is 2. The van der Waals surface area contributed by atoms with Gasteiger partial charge in [0.25, 0.3) is 5.91 Å². The molecule has 4 N–H and O–H groups in total. The summed E-state index contributed by atoms with van der Waals surface area (Å²) < 4.78 is 5.30. The fourth-order valence-corrected chi connectivity index (χ4v) is 2.51. The second-order valence-corrected chi connectivity index (χ2v) is 5.59. The molecule has 0 saturated carbocycles. The van der Waals surface area contributed by atoms with Crippen LogP contribution in [0.2, 0.25) is 0 Å². The molecule has 0 radical (unpaired) electrons. The van der Waals surface area contributed by atoms with Crippen molar-refractivity contribution in [1.82, 2.24) is 15.5 Å². The molecule has 140 valence electrons. The maximum absolute atomic E-state index is 11.5. The summed E-state index contributed by atoms with van der Waals surface area (Å²) in [5, 5.41) is 6.37. The van der Waals surface area contributed by atoms with E-state index in [1.807, 2.05) is 11.8 Å². The lowest BCUT2D eigenvalue weighted by atomic mass is 10.4. The standard InChI is InChI=1S/C16H25N5O3.HI/c1-2-18-16(19-8-4-10-21-9-3-5-14(21)22)20-11-12-6-7-13(24-12)15(17)23;/h6-7H,2-5,8-11H2,1H3,(H2,17,23)(H2,18,19,20);1H. The topological polar surface area (TPSA) is 113 Å². The SMILES string of the molecule is CCNC(=NCc1ccc(C(N)=O)o1)NCCCN1CCCC1=O.I. The van der Waals surface area contributed by atoms with Crippen molar-refractivity contribution in [2.24, 2.45) is 10.7 Å². The first-order valence-corrected chi connectivity index (χ1v) is 8.28. The van der Waals surface area contributed by atoms with Crippen LogP contribution < -0.4 is 16.4 Å². The minimum absolute atomic E-state index is 0. The Bertz CT molecular complexity index is 602. The van der Waals surface area contributed by atoms with Gasteiger partial charge in [0.2, 0.25) is 5.91 Å². The van der Waals surface area contributed by atoms with Gasteiger partial charge in [-0.25, -0.2) is 4.99 Å². The highest BCUT2D eigenvalue weighted by Gasteiger charge is 2.18. The summed E-state index contributed by atoms with van der Waals surface area (Å²) >= 11 is 0. The highest BCUT2D eigenvalue weighted by atomic mass is 127. The number of carbonyl (C=O) groups is 2. The van der Waals surface area contributed by atoms with Crippen LogP contribution in [0.3, 0.4) is 0 Å². The molecule has 1 aromatic heterocycles. The zero-order valence-corrected chi connectivity index (χ0v) is 16.7. The summed E-state index contributed by atoms with van der Waals surface area (Å²) in [5.41, 5.74) is 5.15. The Labute approximate surface area is 164 Å². The largest absolute Gasteiger partial charge is 0.454 e. The van der Waals surface area contributed by atoms with Gasteiger partial charge in [-0.05, 0) is 31.9 Å². The molecule has 0 aliphatic carbocycles. The first-order chi connectivity index (χ1) is 11.6. The van der Waals surface area contributed by atoms with Crippen LogP contribution in [0.25, 0.3) is 0 Å². The van der Waals surface area contributed by atoms with E-state index < -0.39 is 5.91 Å². The quantitative estimate of drug-likeness (QED) is 0.231. The number of rotatable bonds is 8. The Balaban J connectivity index is 0.00000312. The fraction of sp³-hybridized carbons (Fsp3) is 0.562. The van der Waals surface area contributed by atoms with Gasteiger partial charge in [-0.3, -0.25) is 9.59 Å². The maximum Gasteiger partial charge on any atom is 0.284 e. The maximum atomic E-state index is 11.5. The van der Waals surface area contributed by atoms with Crippen LogP contribution in [-0.4, -0.2) is 48.9 Å². The summed E-state index contributed by atoms with van der Waals surface area (Å²) in [7, 11) is 0. The third-order valence-electron chi connectivity index (χ3n) is 3.71. The monoisotopic (exact) mass is 463 g/mol. The number of hydrogen-bond donors (Lipinski definition) is 3. The molecule has 1 aliphatic heterocycles. The number of halogens is 1. The molecule has 1 saturated heterocycles. The predicted octanol–water partition coefficient (Wildman–Crippen LogP) is 1.06. The van der Waals surface area contributed by atoms with Crippen molar-refractivity contribution in [2.45, 2.75) is 32.7 Å². The number of likely N-dealkylation sites (tertiary alicyclic amines) is 1. The number of aliphatic imine (C=N–C) groups is 1. The van der Waals surface area contributed by atoms with Crippen LogP contribution in [0, 0.1) is 0 Å². The van der Waals surface area contributed by atoms with Crippen LogP contribution in [-0.2, 0) is 11.3 Å². The summed E-state index contributed by atoms with van der Waals surface area (Å²) in [6.07, 6.45) is 2.50. The zero-order valence-electron chi connectivity index (χ0n) is 14.4. The third kappa shape index (κ3) is 6.92. The van der Waals surface area contributed by atoms with Gasteiger partial charge in [-0.2, -0.15) is 0 Å². The molecule has 0 bridgehead atoms. The Hall–Kier alpha value is -1.78. The average molecular weight is 463 g/mol. The second-order valence-electron chi connectivity index (χ2n) is 5.59. The number of primary amides is 1. The molecule has 1 fully saturated rings. The summed E-state index contributed by atoms with van der Waals surface area (Å²) in [6.45, 7) is 5.39. The molecular formula is C16H26IN5O3. The van der Waals surface area contributed by atoms with E-state index in [9.17, 15) is 9.59 Å². The van der Waals surface area contributed by atoms with Gasteiger partial charge < -0.3 is 25.7 Å². The Morgan fingerprint density at radius 3 is 2.80 bits per heavy atom. The molecule has 0 atom stereocenters. The molecule has 2 amide bonds. The number of nitrogens with two attached hydrogens (primary N) is 1. The molecule has 1 aromatic rings. The van der Waals surface area contributed by atoms with Gasteiger partial charge in [0, 0.05) is 32.6 Å². The molecule has 9 heteroatoms. The van der Waals surface area contributed by atoms with Crippen LogP contribution in [0.1, 0.15) is 42.5 Å². The normalized spacial score (nSPS) is 14.4. The Morgan fingerprint density at radius 1 is 1.40 bits per heavy atom. The third-order valence-corrected chi connectivity index (χ3v) is 3.71. The zero-order chi connectivity index (χ0) is 17.4. The molecular weight excluding hydrogens is 437 g/mol. The molecule has 0 unspecified atom stereocenters. The highest BCUT2D eigenvalue weighted by Crippen LogP contribution is 2.09. The predicted molar refractivity (Wildman–Crippen MR) is 106 cm³/mol. The van der Waals surface area contributed by atoms with Gasteiger partial charge in [-0.1, -0.05) is 0 Å². The van der Waals surface area contributed by atoms with Crippen molar-refractivity contribution in [3.63, 3.8) is 0 Å². The van der Waals surface area contributed by atoms with Crippen molar-refractivity contribution in [2.75, 3.05) is 26.2 Å². The fourth-order valence-electron chi connectivity index (χ4n) is 2.51. The molecule has 1 aliphatic rings. The lowest BCUT2D eigenvalue weighted by Gasteiger charge is -2.16. The van der Waals surface area contributed by atoms with Gasteiger partial charge in [0.1, 0.15) is 12.3 Å². The van der Waals surface area contributed by atoms with Crippen molar-refractivity contribution in [3.05, 3.63) is 23.7 Å². The van der Waals surface area contributed by atoms with E-state index in [1.165, 1.54) is 0 Å². The Morgan fingerprint density at radius 2 is 2.20 bits per heavy atom. The lowest BCUT2D eigenvalue weighted by molar-refractivity contribution is -0.127. The highest BCUT2D eigenvalue weighted by molar-refractivity contribution is 14.0. The van der Waals surface area contributed by atoms with E-state index in [0.29, 0.717) is 24.7 Å². The minimum atomic E-state index is -0.591. The molecule has 8 nitrogen and oxygen atoms in total. The van der Waals surface area contributed by atoms with E-state index >= 15 is 0 Å². The average Bonchev–Trinajstić information content (AvgIpc) is 3.18. The van der Waals surface area contributed by atoms with E-state index in [4.69, 9.17) is 10.2 Å². The van der Waals surface area contributed by atoms with Crippen molar-refractivity contribution in [1.29, 1.82) is 0 Å². The second kappa shape index (κ2) is 11.0. The van der Waals surface area contributed by atoms with E-state index in [2.05, 4.69) is 15.6 Å². The van der Waals surface area contributed by atoms with Gasteiger partial charge in [0.15, 0.2) is 11.7 Å². The van der Waals surface area contributed by atoms with Crippen molar-refractivity contribution in [3.8, 4) is 0 Å². The molecule has 25 heavy (non-hydrogen) atoms. The van der Waals surface area contributed by atoms with E-state index in [-0.39, 0.29) is 35.6 Å². The lowest BCUT2D eigenvalue weighted by Crippen LogP contribution is -2.39. The number of amides is 2. The summed E-state index contributed by atoms with van der Waals surface area (Å²) in [4.78, 5) is 28.9. The molecule has 2 rings (SSSR count). The van der Waals surface area contributed by atoms with Crippen LogP contribution in [0.4, 0.5) is 0 Å². The van der Waals surface area contributed by atoms with Crippen LogP contribution in [0.15, 0.2) is 21.5 Å². The van der Waals surface area contributed by atoms with Gasteiger partial charge in [0.05, 0.1) is 0 Å². The van der Waals surface area contributed by atoms with Gasteiger partial charge >= 0.3 is 0 Å². The first kappa shape index (κ1) is 21.3. The number of carbonyl (C=O) groups excluding carboxylic acids is 2. The molecule has 0 aromatic carbocycles. The summed E-state index contributed by atoms with van der Waals surface area (Å²) in [5.74, 6) is 1.03.